The van der Waals surface area contributed by atoms with E-state index in [1.807, 2.05) is 32.9 Å². The van der Waals surface area contributed by atoms with Crippen LogP contribution in [0.15, 0.2) is 51.8 Å². The minimum absolute atomic E-state index is 0.129. The summed E-state index contributed by atoms with van der Waals surface area (Å²) >= 11 is 0. The van der Waals surface area contributed by atoms with Gasteiger partial charge in [0.05, 0.1) is 11.0 Å². The molecule has 9 nitrogen and oxygen atoms in total. The summed E-state index contributed by atoms with van der Waals surface area (Å²) in [6, 6.07) is 9.53. The molecule has 1 fully saturated rings. The molecule has 0 bridgehead atoms. The lowest BCUT2D eigenvalue weighted by atomic mass is 10.0. The lowest BCUT2D eigenvalue weighted by Crippen LogP contribution is -2.42. The average molecular weight is 552 g/mol. The fourth-order valence-electron chi connectivity index (χ4n) is 5.08. The number of aromatic nitrogens is 2. The molecule has 1 saturated heterocycles. The highest BCUT2D eigenvalue weighted by Gasteiger charge is 2.30. The van der Waals surface area contributed by atoms with E-state index in [1.54, 1.807) is 48.6 Å². The number of fused-ring (bicyclic) bond motifs is 2. The molecule has 0 spiro atoms. The van der Waals surface area contributed by atoms with Gasteiger partial charge in [-0.15, -0.1) is 0 Å². The fraction of sp³-hybridized carbons (Fsp3) is 0.433. The van der Waals surface area contributed by atoms with Crippen molar-refractivity contribution in [2.45, 2.75) is 71.6 Å². The Morgan fingerprint density at radius 1 is 0.900 bits per heavy atom. The lowest BCUT2D eigenvalue weighted by molar-refractivity contribution is 0.0187. The van der Waals surface area contributed by atoms with E-state index in [9.17, 15) is 18.8 Å². The van der Waals surface area contributed by atoms with Crippen molar-refractivity contribution in [2.75, 3.05) is 13.1 Å². The summed E-state index contributed by atoms with van der Waals surface area (Å²) in [5, 5.41) is 0.655. The maximum absolute atomic E-state index is 14.2. The predicted octanol–water partition coefficient (Wildman–Crippen LogP) is 6.71. The standard InChI is InChI=1S/C30H34FN3O6/c1-29(2,3)39-26(35)32-13-11-20(12-14-32)34-23-10-7-18(15-25(23)38-28(34)37)22-17-33(27(36)40-30(4,5)6)24-16-19(31)8-9-21(22)24/h7-10,15-17,20H,11-14H2,1-6H3. The quantitative estimate of drug-likeness (QED) is 0.275. The Balaban J connectivity index is 1.45. The normalized spacial score (nSPS) is 15.1. The Morgan fingerprint density at radius 2 is 1.55 bits per heavy atom. The Morgan fingerprint density at radius 3 is 2.20 bits per heavy atom. The molecule has 212 valence electrons. The van der Waals surface area contributed by atoms with Crippen molar-refractivity contribution in [3.8, 4) is 11.1 Å². The van der Waals surface area contributed by atoms with E-state index >= 15 is 0 Å². The van der Waals surface area contributed by atoms with E-state index in [2.05, 4.69) is 0 Å². The van der Waals surface area contributed by atoms with E-state index in [4.69, 9.17) is 13.9 Å². The van der Waals surface area contributed by atoms with Crippen molar-refractivity contribution < 1.29 is 27.9 Å². The van der Waals surface area contributed by atoms with Crippen molar-refractivity contribution in [1.29, 1.82) is 0 Å². The number of rotatable bonds is 2. The number of halogens is 1. The molecule has 0 N–H and O–H groups in total. The van der Waals surface area contributed by atoms with Crippen LogP contribution in [0.2, 0.25) is 0 Å². The van der Waals surface area contributed by atoms with Gasteiger partial charge < -0.3 is 18.8 Å². The number of carbonyl (C=O) groups is 2. The van der Waals surface area contributed by atoms with Gasteiger partial charge in [-0.1, -0.05) is 6.07 Å². The first-order valence-corrected chi connectivity index (χ1v) is 13.4. The fourth-order valence-corrected chi connectivity index (χ4v) is 5.08. The number of nitrogens with zero attached hydrogens (tertiary/aromatic N) is 3. The summed E-state index contributed by atoms with van der Waals surface area (Å²) in [6.07, 6.45) is 1.81. The van der Waals surface area contributed by atoms with Crippen LogP contribution in [0.4, 0.5) is 14.0 Å². The second-order valence-corrected chi connectivity index (χ2v) is 12.2. The van der Waals surface area contributed by atoms with Gasteiger partial charge in [0, 0.05) is 36.3 Å². The molecule has 5 rings (SSSR count). The smallest absolute Gasteiger partial charge is 0.420 e. The maximum Gasteiger partial charge on any atom is 0.420 e. The van der Waals surface area contributed by atoms with Gasteiger partial charge >= 0.3 is 17.9 Å². The number of hydrogen-bond acceptors (Lipinski definition) is 6. The predicted molar refractivity (Wildman–Crippen MR) is 149 cm³/mol. The van der Waals surface area contributed by atoms with Crippen LogP contribution in [-0.2, 0) is 9.47 Å². The molecule has 1 aliphatic heterocycles. The van der Waals surface area contributed by atoms with Crippen LogP contribution < -0.4 is 5.76 Å². The van der Waals surface area contributed by atoms with Gasteiger partial charge in [0.2, 0.25) is 0 Å². The third-order valence-electron chi connectivity index (χ3n) is 6.76. The van der Waals surface area contributed by atoms with Gasteiger partial charge in [-0.3, -0.25) is 9.13 Å². The molecule has 1 aliphatic rings. The average Bonchev–Trinajstić information content (AvgIpc) is 3.38. The molecule has 2 aromatic carbocycles. The molecule has 3 heterocycles. The molecular weight excluding hydrogens is 517 g/mol. The van der Waals surface area contributed by atoms with Gasteiger partial charge in [-0.25, -0.2) is 18.8 Å². The van der Waals surface area contributed by atoms with Crippen LogP contribution in [-0.4, -0.2) is 50.5 Å². The molecule has 0 aliphatic carbocycles. The van der Waals surface area contributed by atoms with Crippen LogP contribution in [0, 0.1) is 5.82 Å². The zero-order chi connectivity index (χ0) is 29.0. The van der Waals surface area contributed by atoms with E-state index in [-0.39, 0.29) is 12.1 Å². The first kappa shape index (κ1) is 27.5. The van der Waals surface area contributed by atoms with Gasteiger partial charge in [0.25, 0.3) is 0 Å². The summed E-state index contributed by atoms with van der Waals surface area (Å²) in [4.78, 5) is 40.0. The number of carbonyl (C=O) groups excluding carboxylic acids is 2. The highest BCUT2D eigenvalue weighted by molar-refractivity contribution is 6.01. The molecule has 0 saturated carbocycles. The summed E-state index contributed by atoms with van der Waals surface area (Å²) in [7, 11) is 0. The number of benzene rings is 2. The highest BCUT2D eigenvalue weighted by Crippen LogP contribution is 2.34. The highest BCUT2D eigenvalue weighted by atomic mass is 19.1. The Labute approximate surface area is 231 Å². The van der Waals surface area contributed by atoms with Gasteiger partial charge in [0.15, 0.2) is 5.58 Å². The second-order valence-electron chi connectivity index (χ2n) is 12.2. The van der Waals surface area contributed by atoms with Crippen molar-refractivity contribution in [2.24, 2.45) is 0 Å². The molecule has 2 aromatic heterocycles. The zero-order valence-corrected chi connectivity index (χ0v) is 23.6. The maximum atomic E-state index is 14.2. The monoisotopic (exact) mass is 551 g/mol. The van der Waals surface area contributed by atoms with E-state index in [0.717, 1.165) is 0 Å². The number of piperidine rings is 1. The first-order valence-electron chi connectivity index (χ1n) is 13.4. The molecule has 0 unspecified atom stereocenters. The van der Waals surface area contributed by atoms with Crippen LogP contribution >= 0.6 is 0 Å². The molecule has 0 atom stereocenters. The van der Waals surface area contributed by atoms with Crippen molar-refractivity contribution in [1.82, 2.24) is 14.0 Å². The summed E-state index contributed by atoms with van der Waals surface area (Å²) in [5.41, 5.74) is 1.49. The van der Waals surface area contributed by atoms with Crippen molar-refractivity contribution >= 4 is 34.2 Å². The van der Waals surface area contributed by atoms with E-state index in [1.165, 1.54) is 16.7 Å². The first-order chi connectivity index (χ1) is 18.7. The van der Waals surface area contributed by atoms with Crippen molar-refractivity contribution in [3.63, 3.8) is 0 Å². The van der Waals surface area contributed by atoms with Gasteiger partial charge in [0.1, 0.15) is 17.0 Å². The minimum Gasteiger partial charge on any atom is -0.444 e. The molecule has 10 heteroatoms. The van der Waals surface area contributed by atoms with Crippen LogP contribution in [0.3, 0.4) is 0 Å². The van der Waals surface area contributed by atoms with Gasteiger partial charge in [-0.2, -0.15) is 0 Å². The second kappa shape index (κ2) is 9.83. The number of amides is 1. The third-order valence-corrected chi connectivity index (χ3v) is 6.76. The van der Waals surface area contributed by atoms with Gasteiger partial charge in [-0.05, 0) is 90.3 Å². The SMILES string of the molecule is CC(C)(C)OC(=O)N1CCC(n2c(=O)oc3cc(-c4cn(C(=O)OC(C)(C)C)c5cc(F)ccc45)ccc32)CC1. The third kappa shape index (κ3) is 5.48. The minimum atomic E-state index is -0.727. The summed E-state index contributed by atoms with van der Waals surface area (Å²) in [5.74, 6) is -0.945. The Kier molecular flexibility index (Phi) is 6.76. The molecule has 4 aromatic rings. The Hall–Kier alpha value is -4.08. The molecule has 1 amide bonds. The summed E-state index contributed by atoms with van der Waals surface area (Å²) in [6.45, 7) is 11.7. The largest absolute Gasteiger partial charge is 0.444 e. The molecule has 40 heavy (non-hydrogen) atoms. The molecular formula is C30H34FN3O6. The van der Waals surface area contributed by atoms with E-state index in [0.29, 0.717) is 59.1 Å². The number of oxazole rings is 1. The Bertz CT molecular complexity index is 1660. The zero-order valence-electron chi connectivity index (χ0n) is 23.6. The topological polar surface area (TPSA) is 95.9 Å². The lowest BCUT2D eigenvalue weighted by Gasteiger charge is -2.33. The number of hydrogen-bond donors (Lipinski definition) is 0. The molecule has 0 radical (unpaired) electrons. The van der Waals surface area contributed by atoms with Crippen molar-refractivity contribution in [3.05, 3.63) is 59.0 Å². The van der Waals surface area contributed by atoms with Crippen LogP contribution in [0.5, 0.6) is 0 Å². The number of likely N-dealkylation sites (tertiary alicyclic amines) is 1. The van der Waals surface area contributed by atoms with Crippen LogP contribution in [0.1, 0.15) is 60.4 Å². The van der Waals surface area contributed by atoms with Crippen LogP contribution in [0.25, 0.3) is 33.1 Å². The summed E-state index contributed by atoms with van der Waals surface area (Å²) < 4.78 is 33.8. The van der Waals surface area contributed by atoms with E-state index < -0.39 is 28.9 Å². The number of ether oxygens (including phenoxy) is 2.